The molecule has 94 valence electrons. The molecule has 0 amide bonds. The molecule has 5 heteroatoms. The Morgan fingerprint density at radius 1 is 1.00 bits per heavy atom. The van der Waals surface area contributed by atoms with Gasteiger partial charge in [-0.2, -0.15) is 0 Å². The molecule has 0 aromatic heterocycles. The molecule has 0 saturated heterocycles. The van der Waals surface area contributed by atoms with Gasteiger partial charge in [-0.15, -0.1) is 0 Å². The normalized spacial score (nSPS) is 11.4. The summed E-state index contributed by atoms with van der Waals surface area (Å²) < 4.78 is 24.3. The molecule has 0 radical (unpaired) electrons. The van der Waals surface area contributed by atoms with Gasteiger partial charge in [-0.05, 0) is 31.2 Å². The molecular formula is C13H13NO2S2. The van der Waals surface area contributed by atoms with Crippen LogP contribution in [0.5, 0.6) is 0 Å². The zero-order valence-electron chi connectivity index (χ0n) is 9.83. The maximum atomic E-state index is 12.2. The van der Waals surface area contributed by atoms with Crippen LogP contribution in [0.2, 0.25) is 0 Å². The molecule has 2 rings (SSSR count). The molecule has 0 aliphatic rings. The molecule has 2 aromatic rings. The Morgan fingerprint density at radius 3 is 2.22 bits per heavy atom. The third-order valence-electron chi connectivity index (χ3n) is 2.43. The molecule has 18 heavy (non-hydrogen) atoms. The first-order valence-corrected chi connectivity index (χ1v) is 8.16. The summed E-state index contributed by atoms with van der Waals surface area (Å²) in [4.78, 5) is 0.847. The van der Waals surface area contributed by atoms with E-state index in [-0.39, 0.29) is 0 Å². The molecule has 0 bridgehead atoms. The second-order valence-electron chi connectivity index (χ2n) is 3.89. The predicted molar refractivity (Wildman–Crippen MR) is 75.1 cm³/mol. The van der Waals surface area contributed by atoms with E-state index in [0.29, 0.717) is 15.5 Å². The number of nitrogen functional groups attached to an aromatic ring is 1. The SMILES string of the molecule is Cc1ccc(S(=O)(=O)Sc2ccccc2N)cc1. The number of para-hydroxylation sites is 1. The molecule has 0 fully saturated rings. The summed E-state index contributed by atoms with van der Waals surface area (Å²) in [5.41, 5.74) is 7.24. The first kappa shape index (κ1) is 13.0. The molecule has 0 atom stereocenters. The third-order valence-corrected chi connectivity index (χ3v) is 5.82. The lowest BCUT2D eigenvalue weighted by Gasteiger charge is -2.06. The van der Waals surface area contributed by atoms with Gasteiger partial charge in [-0.25, -0.2) is 8.42 Å². The Bertz CT molecular complexity index is 649. The van der Waals surface area contributed by atoms with Gasteiger partial charge >= 0.3 is 0 Å². The lowest BCUT2D eigenvalue weighted by Crippen LogP contribution is -1.97. The van der Waals surface area contributed by atoms with Gasteiger partial charge in [0, 0.05) is 21.4 Å². The molecule has 0 saturated carbocycles. The fraction of sp³-hybridized carbons (Fsp3) is 0.0769. The van der Waals surface area contributed by atoms with Gasteiger partial charge in [-0.1, -0.05) is 29.8 Å². The van der Waals surface area contributed by atoms with E-state index in [2.05, 4.69) is 0 Å². The highest BCUT2D eigenvalue weighted by atomic mass is 33.1. The number of nitrogens with two attached hydrogens (primary N) is 1. The van der Waals surface area contributed by atoms with Crippen molar-refractivity contribution in [2.75, 3.05) is 5.73 Å². The van der Waals surface area contributed by atoms with Crippen LogP contribution < -0.4 is 5.73 Å². The standard InChI is InChI=1S/C13H13NO2S2/c1-10-6-8-11(9-7-10)18(15,16)17-13-5-3-2-4-12(13)14/h2-9H,14H2,1H3. The van der Waals surface area contributed by atoms with Gasteiger partial charge in [0.25, 0.3) is 0 Å². The van der Waals surface area contributed by atoms with Gasteiger partial charge in [0.05, 0.1) is 4.90 Å². The highest BCUT2D eigenvalue weighted by molar-refractivity contribution is 8.72. The molecule has 0 aliphatic carbocycles. The van der Waals surface area contributed by atoms with Gasteiger partial charge in [0.1, 0.15) is 0 Å². The lowest BCUT2D eigenvalue weighted by atomic mass is 10.2. The summed E-state index contributed by atoms with van der Waals surface area (Å²) in [5.74, 6) is 0. The maximum Gasteiger partial charge on any atom is 0.234 e. The molecule has 0 spiro atoms. The van der Waals surface area contributed by atoms with Gasteiger partial charge in [0.15, 0.2) is 0 Å². The smallest absolute Gasteiger partial charge is 0.234 e. The average Bonchev–Trinajstić information content (AvgIpc) is 2.32. The molecular weight excluding hydrogens is 266 g/mol. The number of hydrogen-bond acceptors (Lipinski definition) is 4. The monoisotopic (exact) mass is 279 g/mol. The van der Waals surface area contributed by atoms with Crippen LogP contribution in [0.3, 0.4) is 0 Å². The minimum atomic E-state index is -3.42. The first-order chi connectivity index (χ1) is 8.49. The van der Waals surface area contributed by atoms with Crippen molar-refractivity contribution in [3.63, 3.8) is 0 Å². The zero-order chi connectivity index (χ0) is 13.2. The van der Waals surface area contributed by atoms with Crippen LogP contribution >= 0.6 is 10.8 Å². The number of aryl methyl sites for hydroxylation is 1. The van der Waals surface area contributed by atoms with E-state index < -0.39 is 8.87 Å². The maximum absolute atomic E-state index is 12.2. The third kappa shape index (κ3) is 2.86. The molecule has 3 nitrogen and oxygen atoms in total. The van der Waals surface area contributed by atoms with E-state index >= 15 is 0 Å². The van der Waals surface area contributed by atoms with E-state index in [1.807, 2.05) is 6.92 Å². The van der Waals surface area contributed by atoms with Crippen molar-refractivity contribution in [3.8, 4) is 0 Å². The van der Waals surface area contributed by atoms with E-state index in [1.54, 1.807) is 48.5 Å². The molecule has 0 aliphatic heterocycles. The van der Waals surface area contributed by atoms with Gasteiger partial charge in [0.2, 0.25) is 8.87 Å². The predicted octanol–water partition coefficient (Wildman–Crippen LogP) is 3.06. The highest BCUT2D eigenvalue weighted by Crippen LogP contribution is 2.34. The summed E-state index contributed by atoms with van der Waals surface area (Å²) in [6, 6.07) is 13.7. The van der Waals surface area contributed by atoms with Crippen LogP contribution in [0.15, 0.2) is 58.3 Å². The molecule has 0 heterocycles. The Labute approximate surface area is 110 Å². The van der Waals surface area contributed by atoms with Crippen LogP contribution in [-0.2, 0) is 8.87 Å². The summed E-state index contributed by atoms with van der Waals surface area (Å²) >= 11 is 0. The fourth-order valence-corrected chi connectivity index (χ4v) is 4.31. The van der Waals surface area contributed by atoms with Crippen LogP contribution in [-0.4, -0.2) is 8.42 Å². The summed E-state index contributed by atoms with van der Waals surface area (Å²) in [5, 5.41) is 0. The van der Waals surface area contributed by atoms with E-state index in [4.69, 9.17) is 5.73 Å². The topological polar surface area (TPSA) is 60.2 Å². The minimum absolute atomic E-state index is 0.293. The van der Waals surface area contributed by atoms with Gasteiger partial charge in [-0.3, -0.25) is 0 Å². The average molecular weight is 279 g/mol. The Morgan fingerprint density at radius 2 is 1.61 bits per heavy atom. The lowest BCUT2D eigenvalue weighted by molar-refractivity contribution is 0.610. The number of benzene rings is 2. The van der Waals surface area contributed by atoms with Crippen molar-refractivity contribution in [2.45, 2.75) is 16.7 Å². The van der Waals surface area contributed by atoms with E-state index in [1.165, 1.54) is 0 Å². The van der Waals surface area contributed by atoms with Crippen molar-refractivity contribution >= 4 is 25.4 Å². The van der Waals surface area contributed by atoms with E-state index in [9.17, 15) is 8.42 Å². The summed E-state index contributed by atoms with van der Waals surface area (Å²) in [6.45, 7) is 1.92. The summed E-state index contributed by atoms with van der Waals surface area (Å²) in [6.07, 6.45) is 0. The molecule has 2 aromatic carbocycles. The van der Waals surface area contributed by atoms with Crippen LogP contribution in [0.25, 0.3) is 0 Å². The Kier molecular flexibility index (Phi) is 3.63. The number of anilines is 1. The summed E-state index contributed by atoms with van der Waals surface area (Å²) in [7, 11) is -2.64. The fourth-order valence-electron chi connectivity index (χ4n) is 1.43. The first-order valence-electron chi connectivity index (χ1n) is 5.35. The molecule has 0 unspecified atom stereocenters. The van der Waals surface area contributed by atoms with Crippen LogP contribution in [0.4, 0.5) is 5.69 Å². The van der Waals surface area contributed by atoms with E-state index in [0.717, 1.165) is 16.4 Å². The minimum Gasteiger partial charge on any atom is -0.398 e. The molecule has 2 N–H and O–H groups in total. The van der Waals surface area contributed by atoms with Crippen LogP contribution in [0.1, 0.15) is 5.56 Å². The van der Waals surface area contributed by atoms with Crippen molar-refractivity contribution in [3.05, 3.63) is 54.1 Å². The largest absolute Gasteiger partial charge is 0.398 e. The van der Waals surface area contributed by atoms with Crippen molar-refractivity contribution < 1.29 is 8.42 Å². The van der Waals surface area contributed by atoms with Gasteiger partial charge < -0.3 is 5.73 Å². The van der Waals surface area contributed by atoms with Crippen LogP contribution in [0, 0.1) is 6.92 Å². The zero-order valence-corrected chi connectivity index (χ0v) is 11.5. The second kappa shape index (κ2) is 5.04. The van der Waals surface area contributed by atoms with Crippen molar-refractivity contribution in [1.29, 1.82) is 0 Å². The highest BCUT2D eigenvalue weighted by Gasteiger charge is 2.17. The second-order valence-corrected chi connectivity index (χ2v) is 7.69. The van der Waals surface area contributed by atoms with Crippen molar-refractivity contribution in [2.24, 2.45) is 0 Å². The van der Waals surface area contributed by atoms with Crippen molar-refractivity contribution in [1.82, 2.24) is 0 Å². The Balaban J connectivity index is 2.33. The quantitative estimate of drug-likeness (QED) is 0.693. The number of hydrogen-bond donors (Lipinski definition) is 1. The Hall–Kier alpha value is -1.46. The number of rotatable bonds is 3.